The number of hydrogen-bond acceptors (Lipinski definition) is 7. The van der Waals surface area contributed by atoms with Crippen LogP contribution in [-0.4, -0.2) is 103 Å². The normalized spacial score (nSPS) is 40.4. The summed E-state index contributed by atoms with van der Waals surface area (Å²) in [5.74, 6) is -2.74. The smallest absolute Gasteiger partial charge is 0.333 e. The molecule has 13 heteroatoms. The van der Waals surface area contributed by atoms with Crippen molar-refractivity contribution in [2.24, 2.45) is 11.8 Å². The van der Waals surface area contributed by atoms with Crippen molar-refractivity contribution >= 4 is 27.3 Å². The zero-order valence-corrected chi connectivity index (χ0v) is 22.2. The zero-order chi connectivity index (χ0) is 25.8. The molecule has 6 atom stereocenters. The summed E-state index contributed by atoms with van der Waals surface area (Å²) in [6.07, 6.45) is 0.842. The molecule has 5 rings (SSSR count). The molecule has 36 heavy (non-hydrogen) atoms. The largest absolute Gasteiger partial charge is 0.409 e. The molecule has 0 aromatic rings. The molecule has 1 saturated carbocycles. The molecule has 4 heterocycles. The summed E-state index contributed by atoms with van der Waals surface area (Å²) in [7, 11) is -2.15. The van der Waals surface area contributed by atoms with Gasteiger partial charge in [-0.15, -0.1) is 11.6 Å². The number of carbonyl (C=O) groups is 1. The molecule has 0 radical (unpaired) electrons. The molecule has 4 unspecified atom stereocenters. The molecule has 8 nitrogen and oxygen atoms in total. The molecule has 206 valence electrons. The molecule has 0 aromatic carbocycles. The minimum Gasteiger partial charge on any atom is -0.333 e. The van der Waals surface area contributed by atoms with E-state index in [9.17, 15) is 26.4 Å². The highest BCUT2D eigenvalue weighted by atomic mass is 35.5. The van der Waals surface area contributed by atoms with E-state index in [1.165, 1.54) is 7.05 Å². The summed E-state index contributed by atoms with van der Waals surface area (Å²) in [4.78, 5) is 16.2. The Hall–Kier alpha value is -0.660. The number of hydrazine groups is 1. The van der Waals surface area contributed by atoms with E-state index in [1.54, 1.807) is 0 Å². The number of hydrogen-bond donors (Lipinski definition) is 2. The van der Waals surface area contributed by atoms with E-state index in [0.717, 1.165) is 37.3 Å². The van der Waals surface area contributed by atoms with Gasteiger partial charge in [-0.05, 0) is 57.4 Å². The number of alkyl halides is 4. The molecule has 4 aliphatic heterocycles. The third kappa shape index (κ3) is 5.27. The summed E-state index contributed by atoms with van der Waals surface area (Å²) < 4.78 is 66.3. The fraction of sp³-hybridized carbons (Fsp3) is 0.957. The summed E-state index contributed by atoms with van der Waals surface area (Å²) in [6, 6.07) is -1.04. The van der Waals surface area contributed by atoms with Crippen molar-refractivity contribution in [3.8, 4) is 0 Å². The van der Waals surface area contributed by atoms with Crippen LogP contribution in [0.15, 0.2) is 0 Å². The Labute approximate surface area is 216 Å². The quantitative estimate of drug-likeness (QED) is 0.405. The van der Waals surface area contributed by atoms with E-state index in [4.69, 9.17) is 11.6 Å². The van der Waals surface area contributed by atoms with Crippen molar-refractivity contribution in [3.63, 3.8) is 0 Å². The SMILES string of the molecule is CN(C(=O)[C@H]1CCS(=O)(=O)C1)[C@@H](C1CCC(N2CCCC3C2CNC2CC(Cl)NN23)CC1)C(F)(F)F. The van der Waals surface area contributed by atoms with Crippen LogP contribution >= 0.6 is 11.6 Å². The van der Waals surface area contributed by atoms with Gasteiger partial charge in [-0.25, -0.2) is 18.9 Å². The Balaban J connectivity index is 1.23. The molecular formula is C23H37ClF3N5O3S. The average Bonchev–Trinajstić information content (AvgIpc) is 3.38. The number of likely N-dealkylation sites (tertiary alicyclic amines) is 1. The van der Waals surface area contributed by atoms with E-state index < -0.39 is 39.8 Å². The van der Waals surface area contributed by atoms with E-state index >= 15 is 0 Å². The van der Waals surface area contributed by atoms with Crippen molar-refractivity contribution in [1.29, 1.82) is 0 Å². The molecule has 5 aliphatic rings. The third-order valence-corrected chi connectivity index (χ3v) is 11.1. The standard InChI is InChI=1S/C23H37ClF3N5O3S/c1-30(22(33)15-8-10-36(34,35)13-15)21(23(25,26)27)14-4-6-16(7-5-14)31-9-2-3-17-18(31)12-28-20-11-19(24)29-32(17)20/h14-21,28-29H,2-13H2,1H3/t14?,15-,16?,17?,18?,19?,20?,21-/m0/s1. The summed E-state index contributed by atoms with van der Waals surface area (Å²) in [5.41, 5.74) is 3.29. The first-order valence-electron chi connectivity index (χ1n) is 13.2. The molecule has 2 N–H and O–H groups in total. The lowest BCUT2D eigenvalue weighted by atomic mass is 9.78. The summed E-state index contributed by atoms with van der Waals surface area (Å²) >= 11 is 6.33. The van der Waals surface area contributed by atoms with Gasteiger partial charge in [0, 0.05) is 38.1 Å². The lowest BCUT2D eigenvalue weighted by Gasteiger charge is -2.53. The molecule has 4 saturated heterocycles. The van der Waals surface area contributed by atoms with Gasteiger partial charge in [-0.1, -0.05) is 0 Å². The summed E-state index contributed by atoms with van der Waals surface area (Å²) in [5, 5.41) is 5.85. The minimum absolute atomic E-state index is 0.0876. The van der Waals surface area contributed by atoms with Gasteiger partial charge in [0.2, 0.25) is 5.91 Å². The topological polar surface area (TPSA) is 85.0 Å². The van der Waals surface area contributed by atoms with Crippen molar-refractivity contribution < 1.29 is 26.4 Å². The highest BCUT2D eigenvalue weighted by molar-refractivity contribution is 7.91. The number of fused-ring (bicyclic) bond motifs is 3. The van der Waals surface area contributed by atoms with Crippen molar-refractivity contribution in [2.75, 3.05) is 31.6 Å². The molecule has 1 amide bonds. The van der Waals surface area contributed by atoms with E-state index in [-0.39, 0.29) is 41.7 Å². The van der Waals surface area contributed by atoms with Crippen LogP contribution in [0.4, 0.5) is 13.2 Å². The number of nitrogens with one attached hydrogen (secondary N) is 2. The Morgan fingerprint density at radius 3 is 2.47 bits per heavy atom. The zero-order valence-electron chi connectivity index (χ0n) is 20.6. The highest BCUT2D eigenvalue weighted by Crippen LogP contribution is 2.41. The van der Waals surface area contributed by atoms with Crippen molar-refractivity contribution in [3.05, 3.63) is 0 Å². The van der Waals surface area contributed by atoms with Crippen LogP contribution < -0.4 is 10.7 Å². The Morgan fingerprint density at radius 1 is 1.11 bits per heavy atom. The van der Waals surface area contributed by atoms with E-state index in [0.29, 0.717) is 31.7 Å². The first kappa shape index (κ1) is 26.9. The van der Waals surface area contributed by atoms with Gasteiger partial charge >= 0.3 is 6.18 Å². The first-order chi connectivity index (χ1) is 16.9. The van der Waals surface area contributed by atoms with Gasteiger partial charge < -0.3 is 4.90 Å². The fourth-order valence-corrected chi connectivity index (χ4v) is 9.45. The van der Waals surface area contributed by atoms with Crippen molar-refractivity contribution in [1.82, 2.24) is 25.6 Å². The first-order valence-corrected chi connectivity index (χ1v) is 15.4. The van der Waals surface area contributed by atoms with Gasteiger partial charge in [-0.3, -0.25) is 15.0 Å². The maximum Gasteiger partial charge on any atom is 0.409 e. The number of nitrogens with zero attached hydrogens (tertiary/aromatic N) is 3. The number of halogens is 4. The minimum atomic E-state index is -4.56. The average molecular weight is 556 g/mol. The van der Waals surface area contributed by atoms with Gasteiger partial charge in [-0.2, -0.15) is 13.2 Å². The number of amides is 1. The Kier molecular flexibility index (Phi) is 7.59. The van der Waals surface area contributed by atoms with Crippen LogP contribution in [0.5, 0.6) is 0 Å². The fourth-order valence-electron chi connectivity index (χ4n) is 7.44. The van der Waals surface area contributed by atoms with Gasteiger partial charge in [0.15, 0.2) is 9.84 Å². The van der Waals surface area contributed by atoms with Gasteiger partial charge in [0.05, 0.1) is 29.1 Å². The predicted molar refractivity (Wildman–Crippen MR) is 130 cm³/mol. The van der Waals surface area contributed by atoms with E-state index in [2.05, 4.69) is 20.7 Å². The molecule has 0 aromatic heterocycles. The predicted octanol–water partition coefficient (Wildman–Crippen LogP) is 1.91. The molecule has 5 fully saturated rings. The van der Waals surface area contributed by atoms with Crippen LogP contribution in [0.2, 0.25) is 0 Å². The lowest BCUT2D eigenvalue weighted by Crippen LogP contribution is -2.70. The monoisotopic (exact) mass is 555 g/mol. The molecular weight excluding hydrogens is 519 g/mol. The third-order valence-electron chi connectivity index (χ3n) is 9.10. The second kappa shape index (κ2) is 10.1. The number of rotatable bonds is 4. The van der Waals surface area contributed by atoms with Crippen LogP contribution in [0.1, 0.15) is 51.4 Å². The lowest BCUT2D eigenvalue weighted by molar-refractivity contribution is -0.202. The number of sulfone groups is 1. The number of carbonyl (C=O) groups excluding carboxylic acids is 1. The van der Waals surface area contributed by atoms with Crippen LogP contribution in [-0.2, 0) is 14.6 Å². The van der Waals surface area contributed by atoms with Gasteiger partial charge in [0.1, 0.15) is 6.04 Å². The van der Waals surface area contributed by atoms with Gasteiger partial charge in [0.25, 0.3) is 0 Å². The highest BCUT2D eigenvalue weighted by Gasteiger charge is 2.52. The summed E-state index contributed by atoms with van der Waals surface area (Å²) in [6.45, 7) is 1.79. The molecule has 0 bridgehead atoms. The number of piperidine rings is 1. The molecule has 0 spiro atoms. The van der Waals surface area contributed by atoms with E-state index in [1.807, 2.05) is 0 Å². The van der Waals surface area contributed by atoms with Crippen LogP contribution in [0.3, 0.4) is 0 Å². The second-order valence-corrected chi connectivity index (χ2v) is 14.0. The Bertz CT molecular complexity index is 932. The maximum absolute atomic E-state index is 14.2. The van der Waals surface area contributed by atoms with Crippen LogP contribution in [0.25, 0.3) is 0 Å². The second-order valence-electron chi connectivity index (χ2n) is 11.3. The van der Waals surface area contributed by atoms with Crippen LogP contribution in [0, 0.1) is 11.8 Å². The maximum atomic E-state index is 14.2. The Morgan fingerprint density at radius 2 is 1.83 bits per heavy atom. The molecule has 1 aliphatic carbocycles. The van der Waals surface area contributed by atoms with Crippen molar-refractivity contribution in [2.45, 2.75) is 93.4 Å².